The number of hydrogen-bond acceptors (Lipinski definition) is 3. The maximum Gasteiger partial charge on any atom is 0.315 e. The van der Waals surface area contributed by atoms with E-state index in [0.29, 0.717) is 19.6 Å². The van der Waals surface area contributed by atoms with E-state index in [4.69, 9.17) is 10.5 Å². The molecule has 0 spiro atoms. The third-order valence-electron chi connectivity index (χ3n) is 1.71. The molecule has 90 valence electrons. The molecule has 0 heterocycles. The van der Waals surface area contributed by atoms with Crippen LogP contribution in [0.4, 0.5) is 4.79 Å². The van der Waals surface area contributed by atoms with E-state index >= 15 is 0 Å². The third kappa shape index (κ3) is 8.20. The van der Waals surface area contributed by atoms with Gasteiger partial charge in [-0.05, 0) is 33.7 Å². The lowest BCUT2D eigenvalue weighted by atomic mass is 10.1. The molecule has 4 N–H and O–H groups in total. The van der Waals surface area contributed by atoms with Crippen molar-refractivity contribution in [1.29, 1.82) is 0 Å². The van der Waals surface area contributed by atoms with E-state index in [0.717, 1.165) is 0 Å². The van der Waals surface area contributed by atoms with Crippen LogP contribution >= 0.6 is 0 Å². The van der Waals surface area contributed by atoms with Crippen LogP contribution in [-0.2, 0) is 4.74 Å². The number of amides is 2. The number of carbonyl (C=O) groups is 1. The first kappa shape index (κ1) is 14.2. The van der Waals surface area contributed by atoms with Gasteiger partial charge in [-0.2, -0.15) is 0 Å². The van der Waals surface area contributed by atoms with E-state index in [1.54, 1.807) is 7.11 Å². The van der Waals surface area contributed by atoms with Gasteiger partial charge in [0.1, 0.15) is 0 Å². The van der Waals surface area contributed by atoms with Crippen molar-refractivity contribution in [2.75, 3.05) is 20.3 Å². The Kier molecular flexibility index (Phi) is 6.27. The number of nitrogens with one attached hydrogen (secondary N) is 2. The normalized spacial score (nSPS) is 13.4. The standard InChI is InChI=1S/C10H23N3O2/c1-10(2,3)13-9(14)12-8(5-6-11)7-15-4/h8H,5-7,11H2,1-4H3,(H2,12,13,14). The highest BCUT2D eigenvalue weighted by Crippen LogP contribution is 1.98. The number of hydrogen-bond donors (Lipinski definition) is 3. The molecule has 15 heavy (non-hydrogen) atoms. The minimum Gasteiger partial charge on any atom is -0.383 e. The lowest BCUT2D eigenvalue weighted by Crippen LogP contribution is -2.51. The van der Waals surface area contributed by atoms with E-state index in [1.165, 1.54) is 0 Å². The molecule has 0 rings (SSSR count). The van der Waals surface area contributed by atoms with Gasteiger partial charge in [-0.25, -0.2) is 4.79 Å². The SMILES string of the molecule is COCC(CCN)NC(=O)NC(C)(C)C. The Balaban J connectivity index is 3.99. The average Bonchev–Trinajstić information content (AvgIpc) is 2.00. The molecule has 2 amide bonds. The molecule has 0 aliphatic carbocycles. The van der Waals surface area contributed by atoms with E-state index in [-0.39, 0.29) is 17.6 Å². The van der Waals surface area contributed by atoms with Gasteiger partial charge >= 0.3 is 6.03 Å². The van der Waals surface area contributed by atoms with Crippen molar-refractivity contribution in [3.8, 4) is 0 Å². The van der Waals surface area contributed by atoms with Crippen LogP contribution in [0.5, 0.6) is 0 Å². The Bertz CT molecular complexity index is 184. The molecule has 0 saturated carbocycles. The van der Waals surface area contributed by atoms with Gasteiger partial charge in [0.2, 0.25) is 0 Å². The van der Waals surface area contributed by atoms with Gasteiger partial charge in [0.25, 0.3) is 0 Å². The molecule has 0 aliphatic rings. The lowest BCUT2D eigenvalue weighted by molar-refractivity contribution is 0.161. The van der Waals surface area contributed by atoms with Gasteiger partial charge < -0.3 is 21.1 Å². The van der Waals surface area contributed by atoms with Gasteiger partial charge in [0.05, 0.1) is 12.6 Å². The first-order chi connectivity index (χ1) is 6.89. The summed E-state index contributed by atoms with van der Waals surface area (Å²) in [6.07, 6.45) is 0.714. The molecule has 0 saturated heterocycles. The predicted octanol–water partition coefficient (Wildman–Crippen LogP) is 0.448. The molecule has 0 fully saturated rings. The number of urea groups is 1. The second-order valence-electron chi connectivity index (χ2n) is 4.58. The molecule has 1 unspecified atom stereocenters. The third-order valence-corrected chi connectivity index (χ3v) is 1.71. The maximum atomic E-state index is 11.5. The maximum absolute atomic E-state index is 11.5. The van der Waals surface area contributed by atoms with Gasteiger partial charge in [-0.3, -0.25) is 0 Å². The van der Waals surface area contributed by atoms with Crippen LogP contribution in [0, 0.1) is 0 Å². The highest BCUT2D eigenvalue weighted by atomic mass is 16.5. The second kappa shape index (κ2) is 6.63. The molecule has 0 bridgehead atoms. The summed E-state index contributed by atoms with van der Waals surface area (Å²) >= 11 is 0. The molecule has 0 aliphatic heterocycles. The van der Waals surface area contributed by atoms with Crippen LogP contribution in [0.2, 0.25) is 0 Å². The lowest BCUT2D eigenvalue weighted by Gasteiger charge is -2.24. The number of methoxy groups -OCH3 is 1. The molecule has 0 radical (unpaired) electrons. The zero-order valence-corrected chi connectivity index (χ0v) is 10.1. The summed E-state index contributed by atoms with van der Waals surface area (Å²) in [4.78, 5) is 11.5. The monoisotopic (exact) mass is 217 g/mol. The quantitative estimate of drug-likeness (QED) is 0.625. The molecule has 0 aromatic carbocycles. The van der Waals surface area contributed by atoms with E-state index in [9.17, 15) is 4.79 Å². The summed E-state index contributed by atoms with van der Waals surface area (Å²) < 4.78 is 4.99. The van der Waals surface area contributed by atoms with Gasteiger partial charge in [-0.1, -0.05) is 0 Å². The summed E-state index contributed by atoms with van der Waals surface area (Å²) in [6.45, 7) is 6.81. The summed E-state index contributed by atoms with van der Waals surface area (Å²) in [5.74, 6) is 0. The van der Waals surface area contributed by atoms with Crippen LogP contribution in [0.3, 0.4) is 0 Å². The van der Waals surface area contributed by atoms with Gasteiger partial charge in [0.15, 0.2) is 0 Å². The van der Waals surface area contributed by atoms with Crippen molar-refractivity contribution in [3.63, 3.8) is 0 Å². The summed E-state index contributed by atoms with van der Waals surface area (Å²) in [5, 5.41) is 5.64. The fourth-order valence-electron chi connectivity index (χ4n) is 1.16. The van der Waals surface area contributed by atoms with Crippen LogP contribution < -0.4 is 16.4 Å². The Labute approximate surface area is 91.7 Å². The van der Waals surface area contributed by atoms with Gasteiger partial charge in [-0.15, -0.1) is 0 Å². The zero-order valence-electron chi connectivity index (χ0n) is 10.1. The Morgan fingerprint density at radius 3 is 2.47 bits per heavy atom. The Morgan fingerprint density at radius 2 is 2.07 bits per heavy atom. The van der Waals surface area contributed by atoms with Crippen LogP contribution in [-0.4, -0.2) is 37.9 Å². The largest absolute Gasteiger partial charge is 0.383 e. The molecule has 5 nitrogen and oxygen atoms in total. The Morgan fingerprint density at radius 1 is 1.47 bits per heavy atom. The van der Waals surface area contributed by atoms with Crippen molar-refractivity contribution >= 4 is 6.03 Å². The zero-order chi connectivity index (χ0) is 11.9. The number of ether oxygens (including phenoxy) is 1. The average molecular weight is 217 g/mol. The highest BCUT2D eigenvalue weighted by Gasteiger charge is 2.16. The fraction of sp³-hybridized carbons (Fsp3) is 0.900. The summed E-state index contributed by atoms with van der Waals surface area (Å²) in [6, 6.07) is -0.208. The first-order valence-electron chi connectivity index (χ1n) is 5.16. The molecular weight excluding hydrogens is 194 g/mol. The minimum atomic E-state index is -0.232. The summed E-state index contributed by atoms with van der Waals surface area (Å²) in [5.41, 5.74) is 5.20. The van der Waals surface area contributed by atoms with Crippen LogP contribution in [0.1, 0.15) is 27.2 Å². The highest BCUT2D eigenvalue weighted by molar-refractivity contribution is 5.74. The van der Waals surface area contributed by atoms with E-state index < -0.39 is 0 Å². The van der Waals surface area contributed by atoms with Crippen molar-refractivity contribution < 1.29 is 9.53 Å². The first-order valence-corrected chi connectivity index (χ1v) is 5.16. The van der Waals surface area contributed by atoms with Crippen molar-refractivity contribution in [2.45, 2.75) is 38.8 Å². The van der Waals surface area contributed by atoms with Crippen LogP contribution in [0.15, 0.2) is 0 Å². The fourth-order valence-corrected chi connectivity index (χ4v) is 1.16. The van der Waals surface area contributed by atoms with E-state index in [1.807, 2.05) is 20.8 Å². The van der Waals surface area contributed by atoms with E-state index in [2.05, 4.69) is 10.6 Å². The van der Waals surface area contributed by atoms with Gasteiger partial charge in [0, 0.05) is 12.6 Å². The van der Waals surface area contributed by atoms with Crippen LogP contribution in [0.25, 0.3) is 0 Å². The number of rotatable bonds is 5. The molecule has 5 heteroatoms. The molecule has 1 atom stereocenters. The smallest absolute Gasteiger partial charge is 0.315 e. The summed E-state index contributed by atoms with van der Waals surface area (Å²) in [7, 11) is 1.60. The Hall–Kier alpha value is -0.810. The molecule has 0 aromatic rings. The van der Waals surface area contributed by atoms with Crippen molar-refractivity contribution in [3.05, 3.63) is 0 Å². The number of nitrogens with two attached hydrogens (primary N) is 1. The number of carbonyl (C=O) groups excluding carboxylic acids is 1. The minimum absolute atomic E-state index is 0.0256. The van der Waals surface area contributed by atoms with Crippen molar-refractivity contribution in [1.82, 2.24) is 10.6 Å². The molecular formula is C10H23N3O2. The van der Waals surface area contributed by atoms with Crippen molar-refractivity contribution in [2.24, 2.45) is 5.73 Å². The topological polar surface area (TPSA) is 76.4 Å². The second-order valence-corrected chi connectivity index (χ2v) is 4.58. The molecule has 0 aromatic heterocycles. The predicted molar refractivity (Wildman–Crippen MR) is 60.8 cm³/mol.